The van der Waals surface area contributed by atoms with Crippen molar-refractivity contribution in [3.63, 3.8) is 0 Å². The molecule has 0 aliphatic heterocycles. The second kappa shape index (κ2) is 7.75. The van der Waals surface area contributed by atoms with Crippen molar-refractivity contribution in [2.24, 2.45) is 0 Å². The first-order chi connectivity index (χ1) is 8.96. The molecule has 0 spiro atoms. The molecule has 1 aromatic carbocycles. The van der Waals surface area contributed by atoms with E-state index in [0.717, 1.165) is 11.3 Å². The van der Waals surface area contributed by atoms with Crippen LogP contribution in [0.1, 0.15) is 24.5 Å². The van der Waals surface area contributed by atoms with E-state index in [2.05, 4.69) is 15.9 Å². The first kappa shape index (κ1) is 16.3. The molecule has 0 aliphatic rings. The van der Waals surface area contributed by atoms with E-state index < -0.39 is 12.6 Å². The van der Waals surface area contributed by atoms with Crippen LogP contribution < -0.4 is 4.74 Å². The maximum absolute atomic E-state index is 12.0. The Balaban J connectivity index is 2.44. The average molecular weight is 341 g/mol. The molecule has 0 aliphatic carbocycles. The van der Waals surface area contributed by atoms with Crippen molar-refractivity contribution in [1.29, 1.82) is 0 Å². The fraction of sp³-hybridized carbons (Fsp3) is 0.538. The second-order valence-corrected chi connectivity index (χ2v) is 4.65. The van der Waals surface area contributed by atoms with Gasteiger partial charge in [0, 0.05) is 18.4 Å². The Hall–Kier alpha value is -0.750. The van der Waals surface area contributed by atoms with Crippen LogP contribution in [-0.2, 0) is 4.74 Å². The van der Waals surface area contributed by atoms with Gasteiger partial charge in [0.25, 0.3) is 0 Å². The van der Waals surface area contributed by atoms with Crippen molar-refractivity contribution in [2.75, 3.05) is 19.0 Å². The zero-order valence-corrected chi connectivity index (χ0v) is 12.1. The first-order valence-electron chi connectivity index (χ1n) is 5.84. The molecule has 0 amide bonds. The summed E-state index contributed by atoms with van der Waals surface area (Å²) in [5.74, 6) is 0.731. The molecule has 0 fully saturated rings. The van der Waals surface area contributed by atoms with Gasteiger partial charge in [0.15, 0.2) is 0 Å². The van der Waals surface area contributed by atoms with Crippen molar-refractivity contribution in [1.82, 2.24) is 0 Å². The number of hydrogen-bond donors (Lipinski definition) is 0. The molecule has 19 heavy (non-hydrogen) atoms. The molecule has 0 bridgehead atoms. The molecule has 0 aromatic heterocycles. The van der Waals surface area contributed by atoms with Gasteiger partial charge in [-0.15, -0.1) is 0 Å². The predicted molar refractivity (Wildman–Crippen MR) is 70.8 cm³/mol. The van der Waals surface area contributed by atoms with Gasteiger partial charge in [0.1, 0.15) is 5.75 Å². The summed E-state index contributed by atoms with van der Waals surface area (Å²) in [6, 6.07) is 7.27. The highest BCUT2D eigenvalue weighted by atomic mass is 79.9. The summed E-state index contributed by atoms with van der Waals surface area (Å²) in [6.45, 7) is 0.0851. The molecule has 108 valence electrons. The lowest BCUT2D eigenvalue weighted by molar-refractivity contribution is -0.138. The summed E-state index contributed by atoms with van der Waals surface area (Å²) >= 11 is 3.30. The molecule has 1 rings (SSSR count). The van der Waals surface area contributed by atoms with Crippen LogP contribution in [0.3, 0.4) is 0 Å². The zero-order chi connectivity index (χ0) is 14.3. The molecule has 0 saturated carbocycles. The third kappa shape index (κ3) is 6.29. The van der Waals surface area contributed by atoms with Crippen LogP contribution >= 0.6 is 15.9 Å². The van der Waals surface area contributed by atoms with Gasteiger partial charge in [0.2, 0.25) is 0 Å². The second-order valence-electron chi connectivity index (χ2n) is 4.01. The summed E-state index contributed by atoms with van der Waals surface area (Å²) in [6.07, 6.45) is -5.21. The van der Waals surface area contributed by atoms with Crippen LogP contribution in [-0.4, -0.2) is 25.2 Å². The van der Waals surface area contributed by atoms with E-state index in [4.69, 9.17) is 9.47 Å². The largest absolute Gasteiger partial charge is 0.497 e. The summed E-state index contributed by atoms with van der Waals surface area (Å²) in [7, 11) is 1.57. The van der Waals surface area contributed by atoms with Gasteiger partial charge >= 0.3 is 6.18 Å². The normalized spacial score (nSPS) is 13.3. The lowest BCUT2D eigenvalue weighted by Gasteiger charge is -2.16. The first-order valence-corrected chi connectivity index (χ1v) is 6.96. The molecule has 6 heteroatoms. The molecule has 1 aromatic rings. The van der Waals surface area contributed by atoms with E-state index in [-0.39, 0.29) is 19.1 Å². The quantitative estimate of drug-likeness (QED) is 0.537. The third-order valence-electron chi connectivity index (χ3n) is 2.55. The maximum atomic E-state index is 12.0. The maximum Gasteiger partial charge on any atom is 0.389 e. The number of hydrogen-bond acceptors (Lipinski definition) is 2. The lowest BCUT2D eigenvalue weighted by Crippen LogP contribution is -2.11. The molecule has 0 saturated heterocycles. The highest BCUT2D eigenvalue weighted by molar-refractivity contribution is 9.09. The van der Waals surface area contributed by atoms with E-state index >= 15 is 0 Å². The molecule has 1 unspecified atom stereocenters. The van der Waals surface area contributed by atoms with Crippen molar-refractivity contribution < 1.29 is 22.6 Å². The monoisotopic (exact) mass is 340 g/mol. The average Bonchev–Trinajstić information content (AvgIpc) is 2.38. The summed E-state index contributed by atoms with van der Waals surface area (Å²) in [5.41, 5.74) is 0.907. The zero-order valence-electron chi connectivity index (χ0n) is 10.5. The molecular formula is C13H16BrF3O2. The minimum atomic E-state index is -4.12. The Morgan fingerprint density at radius 1 is 1.21 bits per heavy atom. The van der Waals surface area contributed by atoms with Gasteiger partial charge in [0.05, 0.1) is 13.2 Å². The fourth-order valence-corrected chi connectivity index (χ4v) is 2.11. The van der Waals surface area contributed by atoms with E-state index in [0.29, 0.717) is 5.33 Å². The molecule has 1 atom stereocenters. The van der Waals surface area contributed by atoms with Crippen molar-refractivity contribution in [3.05, 3.63) is 29.8 Å². The Morgan fingerprint density at radius 3 is 2.32 bits per heavy atom. The van der Waals surface area contributed by atoms with E-state index in [1.165, 1.54) is 0 Å². The smallest absolute Gasteiger partial charge is 0.389 e. The van der Waals surface area contributed by atoms with Crippen LogP contribution in [0.25, 0.3) is 0 Å². The summed E-state index contributed by atoms with van der Waals surface area (Å²) in [5, 5.41) is 0.533. The van der Waals surface area contributed by atoms with Crippen molar-refractivity contribution in [3.8, 4) is 5.75 Å². The van der Waals surface area contributed by atoms with E-state index in [9.17, 15) is 13.2 Å². The Labute approximate surface area is 119 Å². The Bertz CT molecular complexity index is 365. The SMILES string of the molecule is COc1ccc(C(CBr)OCCCC(F)(F)F)cc1. The van der Waals surface area contributed by atoms with Crippen LogP contribution in [0.5, 0.6) is 5.75 Å². The molecule has 0 heterocycles. The molecule has 0 N–H and O–H groups in total. The lowest BCUT2D eigenvalue weighted by atomic mass is 10.1. The number of ether oxygens (including phenoxy) is 2. The fourth-order valence-electron chi connectivity index (χ4n) is 1.55. The Kier molecular flexibility index (Phi) is 6.65. The number of halogens is 4. The van der Waals surface area contributed by atoms with Gasteiger partial charge in [-0.1, -0.05) is 28.1 Å². The number of benzene rings is 1. The summed E-state index contributed by atoms with van der Waals surface area (Å²) < 4.78 is 46.5. The van der Waals surface area contributed by atoms with Crippen LogP contribution in [0.4, 0.5) is 13.2 Å². The number of alkyl halides is 4. The highest BCUT2D eigenvalue weighted by Gasteiger charge is 2.26. The predicted octanol–water partition coefficient (Wildman–Crippen LogP) is 4.49. The molecular weight excluding hydrogens is 325 g/mol. The standard InChI is InChI=1S/C13H16BrF3O2/c1-18-11-5-3-10(4-6-11)12(9-14)19-8-2-7-13(15,16)17/h3-6,12H,2,7-9H2,1H3. The van der Waals surface area contributed by atoms with Crippen LogP contribution in [0.2, 0.25) is 0 Å². The van der Waals surface area contributed by atoms with Gasteiger partial charge < -0.3 is 9.47 Å². The molecule has 2 nitrogen and oxygen atoms in total. The number of methoxy groups -OCH3 is 1. The van der Waals surface area contributed by atoms with Crippen LogP contribution in [0, 0.1) is 0 Å². The van der Waals surface area contributed by atoms with Gasteiger partial charge in [-0.05, 0) is 24.1 Å². The minimum Gasteiger partial charge on any atom is -0.497 e. The van der Waals surface area contributed by atoms with E-state index in [1.807, 2.05) is 12.1 Å². The topological polar surface area (TPSA) is 18.5 Å². The molecule has 0 radical (unpaired) electrons. The Morgan fingerprint density at radius 2 is 1.84 bits per heavy atom. The van der Waals surface area contributed by atoms with Crippen LogP contribution in [0.15, 0.2) is 24.3 Å². The minimum absolute atomic E-state index is 0.0246. The summed E-state index contributed by atoms with van der Waals surface area (Å²) in [4.78, 5) is 0. The van der Waals surface area contributed by atoms with E-state index in [1.54, 1.807) is 19.2 Å². The number of rotatable bonds is 7. The highest BCUT2D eigenvalue weighted by Crippen LogP contribution is 2.25. The van der Waals surface area contributed by atoms with Gasteiger partial charge in [-0.2, -0.15) is 13.2 Å². The van der Waals surface area contributed by atoms with Crippen molar-refractivity contribution >= 4 is 15.9 Å². The van der Waals surface area contributed by atoms with Gasteiger partial charge in [-0.3, -0.25) is 0 Å². The van der Waals surface area contributed by atoms with Crippen molar-refractivity contribution in [2.45, 2.75) is 25.1 Å². The third-order valence-corrected chi connectivity index (χ3v) is 3.14. The van der Waals surface area contributed by atoms with Gasteiger partial charge in [-0.25, -0.2) is 0 Å².